The second kappa shape index (κ2) is 4.40. The molecule has 0 aliphatic carbocycles. The van der Waals surface area contributed by atoms with Gasteiger partial charge in [0.2, 0.25) is 0 Å². The van der Waals surface area contributed by atoms with Crippen LogP contribution in [0.3, 0.4) is 0 Å². The Morgan fingerprint density at radius 1 is 1.38 bits per heavy atom. The summed E-state index contributed by atoms with van der Waals surface area (Å²) in [5.41, 5.74) is 0. The van der Waals surface area contributed by atoms with E-state index in [2.05, 4.69) is 33.5 Å². The molecule has 16 heavy (non-hydrogen) atoms. The minimum Gasteiger partial charge on any atom is -0.315 e. The van der Waals surface area contributed by atoms with E-state index in [1.807, 2.05) is 0 Å². The lowest BCUT2D eigenvalue weighted by Crippen LogP contribution is -2.21. The van der Waals surface area contributed by atoms with E-state index in [4.69, 9.17) is 0 Å². The van der Waals surface area contributed by atoms with Crippen LogP contribution in [0, 0.1) is 5.92 Å². The molecule has 0 saturated carbocycles. The first-order valence-electron chi connectivity index (χ1n) is 6.35. The van der Waals surface area contributed by atoms with Gasteiger partial charge in [0.05, 0.1) is 0 Å². The normalized spacial score (nSPS) is 29.3. The van der Waals surface area contributed by atoms with Gasteiger partial charge in [-0.15, -0.1) is 10.2 Å². The lowest BCUT2D eigenvalue weighted by atomic mass is 10.0. The van der Waals surface area contributed by atoms with E-state index in [0.29, 0.717) is 0 Å². The molecule has 3 heterocycles. The summed E-state index contributed by atoms with van der Waals surface area (Å²) in [5.74, 6) is 4.58. The number of hydrogen-bond donors (Lipinski definition) is 0. The third kappa shape index (κ3) is 1.99. The van der Waals surface area contributed by atoms with Crippen molar-refractivity contribution in [2.45, 2.75) is 50.8 Å². The highest BCUT2D eigenvalue weighted by Gasteiger charge is 2.23. The summed E-state index contributed by atoms with van der Waals surface area (Å²) in [6.07, 6.45) is 6.27. The summed E-state index contributed by atoms with van der Waals surface area (Å²) in [7, 11) is 0. The maximum atomic E-state index is 4.40. The Balaban J connectivity index is 1.77. The molecule has 4 heteroatoms. The summed E-state index contributed by atoms with van der Waals surface area (Å²) >= 11 is 2.11. The first kappa shape index (κ1) is 10.6. The highest BCUT2D eigenvalue weighted by Crippen LogP contribution is 2.29. The van der Waals surface area contributed by atoms with Crippen LogP contribution in [0.1, 0.15) is 37.8 Å². The molecule has 0 bridgehead atoms. The van der Waals surface area contributed by atoms with Gasteiger partial charge in [-0.25, -0.2) is 0 Å². The van der Waals surface area contributed by atoms with E-state index in [-0.39, 0.29) is 0 Å². The van der Waals surface area contributed by atoms with Crippen molar-refractivity contribution >= 4 is 11.8 Å². The number of thioether (sulfide) groups is 1. The average molecular weight is 237 g/mol. The van der Waals surface area contributed by atoms with Crippen LogP contribution >= 0.6 is 11.8 Å². The third-order valence-corrected chi connectivity index (χ3v) is 5.09. The third-order valence-electron chi connectivity index (χ3n) is 3.69. The Hall–Kier alpha value is -0.510. The van der Waals surface area contributed by atoms with Crippen LogP contribution < -0.4 is 0 Å². The Morgan fingerprint density at radius 3 is 3.12 bits per heavy atom. The number of rotatable bonds is 2. The van der Waals surface area contributed by atoms with Crippen LogP contribution in [0.25, 0.3) is 0 Å². The topological polar surface area (TPSA) is 30.7 Å². The summed E-state index contributed by atoms with van der Waals surface area (Å²) in [5, 5.41) is 9.53. The van der Waals surface area contributed by atoms with Crippen molar-refractivity contribution in [3.8, 4) is 0 Å². The van der Waals surface area contributed by atoms with Gasteiger partial charge in [-0.3, -0.25) is 0 Å². The molecule has 1 fully saturated rings. The Labute approximate surface area is 101 Å². The quantitative estimate of drug-likeness (QED) is 0.791. The van der Waals surface area contributed by atoms with E-state index in [0.717, 1.165) is 30.6 Å². The molecule has 88 valence electrons. The van der Waals surface area contributed by atoms with Gasteiger partial charge in [0.1, 0.15) is 11.6 Å². The molecular formula is C12H19N3S. The Bertz CT molecular complexity index is 368. The zero-order chi connectivity index (χ0) is 11.0. The second-order valence-corrected chi connectivity index (χ2v) is 6.53. The molecule has 0 N–H and O–H groups in total. The molecule has 0 radical (unpaired) electrons. The number of aryl methyl sites for hydroxylation is 1. The summed E-state index contributed by atoms with van der Waals surface area (Å²) in [6, 6.07) is 0. The van der Waals surface area contributed by atoms with Crippen LogP contribution in [0.2, 0.25) is 0 Å². The molecular weight excluding hydrogens is 218 g/mol. The number of fused-ring (bicyclic) bond motifs is 1. The first-order chi connectivity index (χ1) is 7.83. The minimum atomic E-state index is 0.790. The van der Waals surface area contributed by atoms with Gasteiger partial charge in [0.15, 0.2) is 0 Å². The van der Waals surface area contributed by atoms with E-state index in [1.54, 1.807) is 0 Å². The molecule has 2 aliphatic heterocycles. The van der Waals surface area contributed by atoms with Crippen molar-refractivity contribution in [2.24, 2.45) is 5.92 Å². The maximum Gasteiger partial charge on any atom is 0.134 e. The van der Waals surface area contributed by atoms with Gasteiger partial charge < -0.3 is 4.57 Å². The standard InChI is InChI=1S/C12H19N3S/c1-9-4-5-11-13-14-12(15(11)8-9)7-10-3-2-6-16-10/h9-10H,2-8H2,1H3. The van der Waals surface area contributed by atoms with Crippen LogP contribution in [0.15, 0.2) is 0 Å². The fourth-order valence-electron chi connectivity index (χ4n) is 2.71. The van der Waals surface area contributed by atoms with Crippen LogP contribution in [-0.2, 0) is 19.4 Å². The predicted octanol–water partition coefficient (Wildman–Crippen LogP) is 2.30. The van der Waals surface area contributed by atoms with Crippen molar-refractivity contribution in [3.63, 3.8) is 0 Å². The van der Waals surface area contributed by atoms with Crippen molar-refractivity contribution < 1.29 is 0 Å². The fourth-order valence-corrected chi connectivity index (χ4v) is 3.97. The van der Waals surface area contributed by atoms with E-state index < -0.39 is 0 Å². The molecule has 3 nitrogen and oxygen atoms in total. The second-order valence-electron chi connectivity index (χ2n) is 5.13. The van der Waals surface area contributed by atoms with Gasteiger partial charge in [-0.05, 0) is 30.9 Å². The van der Waals surface area contributed by atoms with Crippen molar-refractivity contribution in [3.05, 3.63) is 11.6 Å². The zero-order valence-electron chi connectivity index (χ0n) is 9.85. The SMILES string of the molecule is CC1CCc2nnc(CC3CCCS3)n2C1. The molecule has 2 atom stereocenters. The summed E-state index contributed by atoms with van der Waals surface area (Å²) in [4.78, 5) is 0. The van der Waals surface area contributed by atoms with Crippen LogP contribution in [-0.4, -0.2) is 25.8 Å². The fraction of sp³-hybridized carbons (Fsp3) is 0.833. The molecule has 1 aromatic rings. The Morgan fingerprint density at radius 2 is 2.31 bits per heavy atom. The zero-order valence-corrected chi connectivity index (χ0v) is 10.7. The molecule has 0 amide bonds. The van der Waals surface area contributed by atoms with Crippen LogP contribution in [0.4, 0.5) is 0 Å². The largest absolute Gasteiger partial charge is 0.315 e. The number of aromatic nitrogens is 3. The van der Waals surface area contributed by atoms with Gasteiger partial charge in [0, 0.05) is 24.6 Å². The molecule has 0 aromatic carbocycles. The molecule has 1 aromatic heterocycles. The molecule has 2 unspecified atom stereocenters. The maximum absolute atomic E-state index is 4.40. The van der Waals surface area contributed by atoms with Gasteiger partial charge >= 0.3 is 0 Å². The summed E-state index contributed by atoms with van der Waals surface area (Å²) in [6.45, 7) is 3.46. The van der Waals surface area contributed by atoms with Crippen molar-refractivity contribution in [1.82, 2.24) is 14.8 Å². The lowest BCUT2D eigenvalue weighted by Gasteiger charge is -2.21. The van der Waals surface area contributed by atoms with E-state index in [1.165, 1.54) is 36.7 Å². The van der Waals surface area contributed by atoms with E-state index >= 15 is 0 Å². The molecule has 1 saturated heterocycles. The molecule has 3 rings (SSSR count). The molecule has 2 aliphatic rings. The van der Waals surface area contributed by atoms with E-state index in [9.17, 15) is 0 Å². The average Bonchev–Trinajstić information content (AvgIpc) is 2.90. The van der Waals surface area contributed by atoms with Gasteiger partial charge in [0.25, 0.3) is 0 Å². The van der Waals surface area contributed by atoms with Crippen molar-refractivity contribution in [2.75, 3.05) is 5.75 Å². The lowest BCUT2D eigenvalue weighted by molar-refractivity contribution is 0.385. The highest BCUT2D eigenvalue weighted by molar-refractivity contribution is 8.00. The number of nitrogens with zero attached hydrogens (tertiary/aromatic N) is 3. The number of hydrogen-bond acceptors (Lipinski definition) is 3. The predicted molar refractivity (Wildman–Crippen MR) is 66.7 cm³/mol. The van der Waals surface area contributed by atoms with Crippen LogP contribution in [0.5, 0.6) is 0 Å². The minimum absolute atomic E-state index is 0.790. The highest BCUT2D eigenvalue weighted by atomic mass is 32.2. The van der Waals surface area contributed by atoms with Gasteiger partial charge in [-0.2, -0.15) is 11.8 Å². The molecule has 0 spiro atoms. The monoisotopic (exact) mass is 237 g/mol. The Kier molecular flexibility index (Phi) is 2.92. The van der Waals surface area contributed by atoms with Gasteiger partial charge in [-0.1, -0.05) is 6.92 Å². The summed E-state index contributed by atoms with van der Waals surface area (Å²) < 4.78 is 2.38. The first-order valence-corrected chi connectivity index (χ1v) is 7.40. The smallest absolute Gasteiger partial charge is 0.134 e. The van der Waals surface area contributed by atoms with Crippen molar-refractivity contribution in [1.29, 1.82) is 0 Å².